The van der Waals surface area contributed by atoms with Crippen LogP contribution in [-0.4, -0.2) is 26.5 Å². The van der Waals surface area contributed by atoms with Gasteiger partial charge in [0.25, 0.3) is 0 Å². The van der Waals surface area contributed by atoms with E-state index >= 15 is 0 Å². The number of ether oxygens (including phenoxy) is 1. The van der Waals surface area contributed by atoms with Crippen LogP contribution in [-0.2, 0) is 14.0 Å². The van der Waals surface area contributed by atoms with Gasteiger partial charge in [0.05, 0.1) is 11.5 Å². The van der Waals surface area contributed by atoms with E-state index in [9.17, 15) is 4.79 Å². The van der Waals surface area contributed by atoms with Crippen LogP contribution in [0.15, 0.2) is 12.7 Å². The molecule has 4 heteroatoms. The van der Waals surface area contributed by atoms with Crippen LogP contribution in [0.2, 0.25) is 19.6 Å². The van der Waals surface area contributed by atoms with E-state index in [0.717, 1.165) is 12.8 Å². The zero-order valence-electron chi connectivity index (χ0n) is 15.3. The molecule has 3 nitrogen and oxygen atoms in total. The monoisotopic (exact) mass is 326 g/mol. The molecule has 0 aromatic carbocycles. The van der Waals surface area contributed by atoms with Gasteiger partial charge in [-0.25, -0.2) is 0 Å². The Hall–Kier alpha value is -0.613. The molecule has 0 unspecified atom stereocenters. The first-order valence-electron chi connectivity index (χ1n) is 8.56. The average Bonchev–Trinajstić information content (AvgIpc) is 2.41. The smallest absolute Gasteiger partial charge is 0.311 e. The van der Waals surface area contributed by atoms with Crippen LogP contribution in [0, 0.1) is 11.3 Å². The minimum absolute atomic E-state index is 0.0456. The number of hydrogen-bond acceptors (Lipinski definition) is 3. The van der Waals surface area contributed by atoms with Crippen molar-refractivity contribution in [3.8, 4) is 0 Å². The molecule has 0 saturated heterocycles. The SMILES string of the molecule is C=C[C@@H](OC(=O)C(C)(C)C)[C@H](O[Si](C)(C)C)C1CCCCC1. The van der Waals surface area contributed by atoms with Crippen molar-refractivity contribution in [2.45, 2.75) is 84.7 Å². The van der Waals surface area contributed by atoms with Crippen LogP contribution in [0.5, 0.6) is 0 Å². The zero-order valence-corrected chi connectivity index (χ0v) is 16.3. The molecule has 1 saturated carbocycles. The summed E-state index contributed by atoms with van der Waals surface area (Å²) in [6.07, 6.45) is 7.47. The van der Waals surface area contributed by atoms with Gasteiger partial charge >= 0.3 is 5.97 Å². The first kappa shape index (κ1) is 19.4. The molecule has 2 atom stereocenters. The van der Waals surface area contributed by atoms with Crippen molar-refractivity contribution in [2.24, 2.45) is 11.3 Å². The van der Waals surface area contributed by atoms with Gasteiger partial charge in [0.15, 0.2) is 8.32 Å². The summed E-state index contributed by atoms with van der Waals surface area (Å²) in [5, 5.41) is 0. The summed E-state index contributed by atoms with van der Waals surface area (Å²) in [7, 11) is -1.72. The van der Waals surface area contributed by atoms with Crippen molar-refractivity contribution in [1.82, 2.24) is 0 Å². The van der Waals surface area contributed by atoms with Gasteiger partial charge in [0.1, 0.15) is 6.10 Å². The molecule has 0 N–H and O–H groups in total. The van der Waals surface area contributed by atoms with E-state index in [1.54, 1.807) is 6.08 Å². The number of hydrogen-bond donors (Lipinski definition) is 0. The lowest BCUT2D eigenvalue weighted by molar-refractivity contribution is -0.162. The second-order valence-electron chi connectivity index (χ2n) is 8.45. The minimum Gasteiger partial charge on any atom is -0.455 e. The summed E-state index contributed by atoms with van der Waals surface area (Å²) < 4.78 is 12.2. The molecule has 0 bridgehead atoms. The highest BCUT2D eigenvalue weighted by Crippen LogP contribution is 2.33. The molecule has 1 aliphatic rings. The van der Waals surface area contributed by atoms with Crippen molar-refractivity contribution in [3.63, 3.8) is 0 Å². The lowest BCUT2D eigenvalue weighted by Gasteiger charge is -2.38. The van der Waals surface area contributed by atoms with Gasteiger partial charge in [-0.15, -0.1) is 0 Å². The average molecular weight is 327 g/mol. The van der Waals surface area contributed by atoms with Crippen LogP contribution in [0.3, 0.4) is 0 Å². The van der Waals surface area contributed by atoms with Crippen LogP contribution < -0.4 is 0 Å². The molecule has 128 valence electrons. The van der Waals surface area contributed by atoms with Gasteiger partial charge in [-0.2, -0.15) is 0 Å². The van der Waals surface area contributed by atoms with Gasteiger partial charge in [-0.3, -0.25) is 4.79 Å². The number of carbonyl (C=O) groups excluding carboxylic acids is 1. The van der Waals surface area contributed by atoms with Crippen molar-refractivity contribution in [3.05, 3.63) is 12.7 Å². The van der Waals surface area contributed by atoms with Crippen molar-refractivity contribution < 1.29 is 14.0 Å². The Morgan fingerprint density at radius 3 is 2.14 bits per heavy atom. The highest BCUT2D eigenvalue weighted by Gasteiger charge is 2.37. The van der Waals surface area contributed by atoms with Gasteiger partial charge < -0.3 is 9.16 Å². The Morgan fingerprint density at radius 1 is 1.18 bits per heavy atom. The summed E-state index contributed by atoms with van der Waals surface area (Å²) in [5.74, 6) is 0.286. The van der Waals surface area contributed by atoms with Gasteiger partial charge in [0, 0.05) is 0 Å². The molecular weight excluding hydrogens is 292 g/mol. The summed E-state index contributed by atoms with van der Waals surface area (Å²) in [4.78, 5) is 12.3. The predicted molar refractivity (Wildman–Crippen MR) is 94.3 cm³/mol. The van der Waals surface area contributed by atoms with Gasteiger partial charge in [0.2, 0.25) is 0 Å². The molecule has 22 heavy (non-hydrogen) atoms. The quantitative estimate of drug-likeness (QED) is 0.394. The zero-order chi connectivity index (χ0) is 17.0. The molecular formula is C18H34O3Si. The Balaban J connectivity index is 2.90. The normalized spacial score (nSPS) is 20.3. The van der Waals surface area contributed by atoms with E-state index < -0.39 is 13.7 Å². The lowest BCUT2D eigenvalue weighted by Crippen LogP contribution is -2.46. The Morgan fingerprint density at radius 2 is 1.73 bits per heavy atom. The van der Waals surface area contributed by atoms with E-state index in [1.165, 1.54) is 19.3 Å². The Bertz CT molecular complexity index is 373. The van der Waals surface area contributed by atoms with E-state index in [1.807, 2.05) is 20.8 Å². The second-order valence-corrected chi connectivity index (χ2v) is 12.9. The molecule has 0 amide bonds. The highest BCUT2D eigenvalue weighted by molar-refractivity contribution is 6.69. The van der Waals surface area contributed by atoms with Crippen LogP contribution in [0.1, 0.15) is 52.9 Å². The van der Waals surface area contributed by atoms with Crippen LogP contribution in [0.25, 0.3) is 0 Å². The molecule has 0 spiro atoms. The maximum Gasteiger partial charge on any atom is 0.311 e. The lowest BCUT2D eigenvalue weighted by atomic mass is 9.83. The summed E-state index contributed by atoms with van der Waals surface area (Å²) in [6.45, 7) is 16.1. The fourth-order valence-corrected chi connectivity index (χ4v) is 4.00. The largest absolute Gasteiger partial charge is 0.455 e. The maximum atomic E-state index is 12.3. The second kappa shape index (κ2) is 7.78. The van der Waals surface area contributed by atoms with Gasteiger partial charge in [-0.1, -0.05) is 25.8 Å². The number of esters is 1. The van der Waals surface area contributed by atoms with Crippen molar-refractivity contribution in [2.75, 3.05) is 0 Å². The third kappa shape index (κ3) is 6.25. The van der Waals surface area contributed by atoms with E-state index in [-0.39, 0.29) is 18.2 Å². The molecule has 0 aromatic rings. The Kier molecular flexibility index (Phi) is 6.87. The third-order valence-electron chi connectivity index (χ3n) is 4.02. The fourth-order valence-electron chi connectivity index (χ4n) is 2.85. The predicted octanol–water partition coefficient (Wildman–Crippen LogP) is 4.93. The number of rotatable bonds is 6. The van der Waals surface area contributed by atoms with E-state index in [4.69, 9.17) is 9.16 Å². The van der Waals surface area contributed by atoms with Gasteiger partial charge in [-0.05, 0) is 65.2 Å². The molecule has 0 aliphatic heterocycles. The van der Waals surface area contributed by atoms with Crippen molar-refractivity contribution in [1.29, 1.82) is 0 Å². The topological polar surface area (TPSA) is 35.5 Å². The first-order chi connectivity index (χ1) is 10.0. The molecule has 0 radical (unpaired) electrons. The Labute approximate surface area is 137 Å². The minimum atomic E-state index is -1.72. The van der Waals surface area contributed by atoms with Crippen LogP contribution in [0.4, 0.5) is 0 Å². The molecule has 1 rings (SSSR count). The third-order valence-corrected chi connectivity index (χ3v) is 4.99. The maximum absolute atomic E-state index is 12.3. The van der Waals surface area contributed by atoms with Crippen LogP contribution >= 0.6 is 0 Å². The summed E-state index contributed by atoms with van der Waals surface area (Å²) >= 11 is 0. The first-order valence-corrected chi connectivity index (χ1v) is 12.0. The summed E-state index contributed by atoms with van der Waals surface area (Å²) in [6, 6.07) is 0. The van der Waals surface area contributed by atoms with E-state index in [2.05, 4.69) is 26.2 Å². The fraction of sp³-hybridized carbons (Fsp3) is 0.833. The molecule has 0 aromatic heterocycles. The molecule has 1 fully saturated rings. The van der Waals surface area contributed by atoms with E-state index in [0.29, 0.717) is 5.92 Å². The number of carbonyl (C=O) groups is 1. The molecule has 1 aliphatic carbocycles. The summed E-state index contributed by atoms with van der Waals surface area (Å²) in [5.41, 5.74) is -0.502. The highest BCUT2D eigenvalue weighted by atomic mass is 28.4. The molecule has 0 heterocycles. The standard InChI is InChI=1S/C18H34O3Si/c1-8-15(20-17(19)18(2,3)4)16(21-22(5,6)7)14-12-10-9-11-13-14/h8,14-16H,1,9-13H2,2-7H3/t15-,16-/m1/s1. The van der Waals surface area contributed by atoms with Crippen molar-refractivity contribution >= 4 is 14.3 Å².